The van der Waals surface area contributed by atoms with Crippen LogP contribution in [0.4, 0.5) is 10.5 Å². The number of aryl methyl sites for hydroxylation is 1. The molecule has 0 saturated carbocycles. The minimum absolute atomic E-state index is 0.0966. The lowest BCUT2D eigenvalue weighted by Crippen LogP contribution is -2.36. The molecule has 2 N–H and O–H groups in total. The smallest absolute Gasteiger partial charge is 0.410 e. The molecule has 3 heterocycles. The number of amides is 2. The fourth-order valence-corrected chi connectivity index (χ4v) is 4.60. The maximum atomic E-state index is 13.1. The minimum atomic E-state index is -0.560. The Kier molecular flexibility index (Phi) is 6.50. The predicted octanol–water partition coefficient (Wildman–Crippen LogP) is 5.78. The third-order valence-corrected chi connectivity index (χ3v) is 6.68. The number of fused-ring (bicyclic) bond motifs is 1. The van der Waals surface area contributed by atoms with E-state index in [1.807, 2.05) is 56.2 Å². The van der Waals surface area contributed by atoms with Crippen LogP contribution in [0.3, 0.4) is 0 Å². The number of rotatable bonds is 5. The molecule has 37 heavy (non-hydrogen) atoms. The van der Waals surface area contributed by atoms with Gasteiger partial charge in [0, 0.05) is 41.9 Å². The molecule has 192 valence electrons. The number of anilines is 1. The van der Waals surface area contributed by atoms with Crippen molar-refractivity contribution in [2.24, 2.45) is 5.92 Å². The van der Waals surface area contributed by atoms with E-state index in [4.69, 9.17) is 4.74 Å². The van der Waals surface area contributed by atoms with Crippen LogP contribution in [0.25, 0.3) is 27.7 Å². The third kappa shape index (κ3) is 5.38. The van der Waals surface area contributed by atoms with Crippen molar-refractivity contribution in [2.75, 3.05) is 18.4 Å². The first kappa shape index (κ1) is 24.6. The molecule has 2 aromatic carbocycles. The summed E-state index contributed by atoms with van der Waals surface area (Å²) in [6, 6.07) is 14.5. The van der Waals surface area contributed by atoms with Gasteiger partial charge in [-0.15, -0.1) is 0 Å². The van der Waals surface area contributed by atoms with E-state index in [2.05, 4.69) is 52.7 Å². The van der Waals surface area contributed by atoms with Gasteiger partial charge in [0.2, 0.25) is 5.91 Å². The molecule has 1 aliphatic heterocycles. The van der Waals surface area contributed by atoms with Crippen molar-refractivity contribution in [1.82, 2.24) is 19.7 Å². The molecule has 8 heteroatoms. The zero-order valence-electron chi connectivity index (χ0n) is 21.7. The second-order valence-corrected chi connectivity index (χ2v) is 10.6. The lowest BCUT2D eigenvalue weighted by atomic mass is 10.1. The van der Waals surface area contributed by atoms with Gasteiger partial charge in [-0.05, 0) is 69.0 Å². The molecule has 1 saturated heterocycles. The Hall–Kier alpha value is -4.07. The Bertz CT molecular complexity index is 1430. The molecule has 0 radical (unpaired) electrons. The molecule has 2 amide bonds. The molecule has 0 spiro atoms. The summed E-state index contributed by atoms with van der Waals surface area (Å²) >= 11 is 0. The molecule has 1 aliphatic rings. The highest BCUT2D eigenvalue weighted by Gasteiger charge is 2.33. The monoisotopic (exact) mass is 499 g/mol. The van der Waals surface area contributed by atoms with Crippen LogP contribution in [0.1, 0.15) is 39.7 Å². The van der Waals surface area contributed by atoms with Gasteiger partial charge in [-0.25, -0.2) is 9.48 Å². The first-order valence-electron chi connectivity index (χ1n) is 12.7. The third-order valence-electron chi connectivity index (χ3n) is 6.68. The first-order chi connectivity index (χ1) is 17.7. The SMILES string of the molecule is CCc1ccc(-n2cc(-c3ccc4[nH]cc(NC(=O)C5CCN(C(=O)OC(C)(C)C)C5)c4c3)cn2)cc1. The average molecular weight is 500 g/mol. The van der Waals surface area contributed by atoms with E-state index in [-0.39, 0.29) is 17.9 Å². The van der Waals surface area contributed by atoms with Gasteiger partial charge in [0.05, 0.1) is 23.5 Å². The Morgan fingerprint density at radius 2 is 1.92 bits per heavy atom. The standard InChI is InChI=1S/C29H33N5O3/c1-5-19-6-9-23(10-7-19)34-18-22(15-31-34)20-8-11-25-24(14-20)26(16-30-25)32-27(35)21-12-13-33(17-21)28(36)37-29(2,3)4/h6-11,14-16,18,21,30H,5,12-13,17H2,1-4H3,(H,32,35). The molecular weight excluding hydrogens is 466 g/mol. The second-order valence-electron chi connectivity index (χ2n) is 10.6. The molecule has 0 bridgehead atoms. The molecule has 1 atom stereocenters. The van der Waals surface area contributed by atoms with Crippen molar-refractivity contribution in [3.8, 4) is 16.8 Å². The van der Waals surface area contributed by atoms with Crippen molar-refractivity contribution >= 4 is 28.6 Å². The van der Waals surface area contributed by atoms with Gasteiger partial charge in [0.1, 0.15) is 5.60 Å². The number of hydrogen-bond acceptors (Lipinski definition) is 4. The minimum Gasteiger partial charge on any atom is -0.444 e. The van der Waals surface area contributed by atoms with Gasteiger partial charge in [0.25, 0.3) is 0 Å². The molecule has 5 rings (SSSR count). The van der Waals surface area contributed by atoms with Gasteiger partial charge < -0.3 is 19.9 Å². The van der Waals surface area contributed by atoms with Gasteiger partial charge in [-0.2, -0.15) is 5.10 Å². The van der Waals surface area contributed by atoms with E-state index >= 15 is 0 Å². The highest BCUT2D eigenvalue weighted by atomic mass is 16.6. The van der Waals surface area contributed by atoms with Crippen molar-refractivity contribution in [3.63, 3.8) is 0 Å². The number of nitrogens with zero attached hydrogens (tertiary/aromatic N) is 3. The largest absolute Gasteiger partial charge is 0.444 e. The summed E-state index contributed by atoms with van der Waals surface area (Å²) < 4.78 is 7.32. The number of H-pyrrole nitrogens is 1. The molecule has 4 aromatic rings. The van der Waals surface area contributed by atoms with Crippen LogP contribution in [-0.4, -0.2) is 50.4 Å². The first-order valence-corrected chi connectivity index (χ1v) is 12.7. The summed E-state index contributed by atoms with van der Waals surface area (Å²) in [4.78, 5) is 30.3. The molecular formula is C29H33N5O3. The number of hydrogen-bond donors (Lipinski definition) is 2. The average Bonchev–Trinajstić information content (AvgIpc) is 3.63. The van der Waals surface area contributed by atoms with Crippen molar-refractivity contribution in [1.29, 1.82) is 0 Å². The van der Waals surface area contributed by atoms with E-state index < -0.39 is 5.60 Å². The quantitative estimate of drug-likeness (QED) is 0.364. The maximum Gasteiger partial charge on any atom is 0.410 e. The lowest BCUT2D eigenvalue weighted by Gasteiger charge is -2.24. The lowest BCUT2D eigenvalue weighted by molar-refractivity contribution is -0.119. The van der Waals surface area contributed by atoms with Gasteiger partial charge in [0.15, 0.2) is 0 Å². The van der Waals surface area contributed by atoms with Crippen molar-refractivity contribution < 1.29 is 14.3 Å². The fraction of sp³-hybridized carbons (Fsp3) is 0.345. The normalized spacial score (nSPS) is 15.8. The van der Waals surface area contributed by atoms with Gasteiger partial charge in [-0.3, -0.25) is 4.79 Å². The number of likely N-dealkylation sites (tertiary alicyclic amines) is 1. The summed E-state index contributed by atoms with van der Waals surface area (Å²) in [7, 11) is 0. The fourth-order valence-electron chi connectivity index (χ4n) is 4.60. The Labute approximate surface area is 216 Å². The molecule has 8 nitrogen and oxygen atoms in total. The van der Waals surface area contributed by atoms with Gasteiger partial charge >= 0.3 is 6.09 Å². The molecule has 1 fully saturated rings. The Morgan fingerprint density at radius 3 is 2.65 bits per heavy atom. The van der Waals surface area contributed by atoms with E-state index in [1.54, 1.807) is 4.90 Å². The van der Waals surface area contributed by atoms with Crippen molar-refractivity contribution in [2.45, 2.75) is 46.1 Å². The van der Waals surface area contributed by atoms with Gasteiger partial charge in [-0.1, -0.05) is 25.1 Å². The highest BCUT2D eigenvalue weighted by molar-refractivity contribution is 6.03. The van der Waals surface area contributed by atoms with Crippen LogP contribution >= 0.6 is 0 Å². The van der Waals surface area contributed by atoms with Crippen molar-refractivity contribution in [3.05, 3.63) is 66.6 Å². The van der Waals surface area contributed by atoms with E-state index in [0.717, 1.165) is 39.8 Å². The number of nitrogens with one attached hydrogen (secondary N) is 2. The Balaban J connectivity index is 1.30. The van der Waals surface area contributed by atoms with Crippen LogP contribution in [0.2, 0.25) is 0 Å². The number of benzene rings is 2. The number of ether oxygens (including phenoxy) is 1. The number of aromatic amines is 1. The number of aromatic nitrogens is 3. The second kappa shape index (κ2) is 9.76. The zero-order chi connectivity index (χ0) is 26.2. The number of carbonyl (C=O) groups is 2. The van der Waals surface area contributed by atoms with Crippen LogP contribution in [-0.2, 0) is 16.0 Å². The summed E-state index contributed by atoms with van der Waals surface area (Å²) in [6.07, 6.45) is 6.91. The van der Waals surface area contributed by atoms with Crippen LogP contribution in [0, 0.1) is 5.92 Å². The molecule has 1 unspecified atom stereocenters. The topological polar surface area (TPSA) is 92.2 Å². The van der Waals surface area contributed by atoms with Crippen LogP contribution < -0.4 is 5.32 Å². The Morgan fingerprint density at radius 1 is 1.14 bits per heavy atom. The summed E-state index contributed by atoms with van der Waals surface area (Å²) in [5, 5.41) is 8.54. The molecule has 2 aromatic heterocycles. The number of carbonyl (C=O) groups excluding carboxylic acids is 2. The molecule has 0 aliphatic carbocycles. The maximum absolute atomic E-state index is 13.1. The summed E-state index contributed by atoms with van der Waals surface area (Å²) in [6.45, 7) is 8.52. The van der Waals surface area contributed by atoms with E-state index in [9.17, 15) is 9.59 Å². The highest BCUT2D eigenvalue weighted by Crippen LogP contribution is 2.30. The van der Waals surface area contributed by atoms with E-state index in [0.29, 0.717) is 19.5 Å². The zero-order valence-corrected chi connectivity index (χ0v) is 21.7. The predicted molar refractivity (Wildman–Crippen MR) is 145 cm³/mol. The van der Waals surface area contributed by atoms with Crippen LogP contribution in [0.5, 0.6) is 0 Å². The summed E-state index contributed by atoms with van der Waals surface area (Å²) in [5.74, 6) is -0.376. The van der Waals surface area contributed by atoms with E-state index in [1.165, 1.54) is 5.56 Å². The van der Waals surface area contributed by atoms with Crippen LogP contribution in [0.15, 0.2) is 61.1 Å². The summed E-state index contributed by atoms with van der Waals surface area (Å²) in [5.41, 5.74) is 5.40.